The first kappa shape index (κ1) is 19.2. The zero-order chi connectivity index (χ0) is 20.4. The minimum atomic E-state index is 0.521. The Morgan fingerprint density at radius 1 is 1.10 bits per heavy atom. The summed E-state index contributed by atoms with van der Waals surface area (Å²) in [5.74, 6) is 0.521. The Balaban J connectivity index is 1.81. The van der Waals surface area contributed by atoms with E-state index in [0.717, 1.165) is 57.9 Å². The summed E-state index contributed by atoms with van der Waals surface area (Å²) in [6.07, 6.45) is 3.40. The number of hydrogen-bond acceptors (Lipinski definition) is 5. The average molecular weight is 404 g/mol. The van der Waals surface area contributed by atoms with Gasteiger partial charge in [0.15, 0.2) is 0 Å². The van der Waals surface area contributed by atoms with Crippen LogP contribution in [0, 0.1) is 6.92 Å². The van der Waals surface area contributed by atoms with Gasteiger partial charge >= 0.3 is 0 Å². The number of aromatic nitrogens is 2. The largest absolute Gasteiger partial charge is 0.401 e. The molecule has 3 N–H and O–H groups in total. The molecule has 1 aromatic heterocycles. The van der Waals surface area contributed by atoms with Crippen LogP contribution in [0.4, 0.5) is 11.6 Å². The van der Waals surface area contributed by atoms with E-state index in [1.54, 1.807) is 7.05 Å². The van der Waals surface area contributed by atoms with Gasteiger partial charge < -0.3 is 11.1 Å². The van der Waals surface area contributed by atoms with Gasteiger partial charge in [-0.15, -0.1) is 0 Å². The lowest BCUT2D eigenvalue weighted by Gasteiger charge is -2.23. The first-order chi connectivity index (χ1) is 14.1. The third-order valence-corrected chi connectivity index (χ3v) is 5.53. The van der Waals surface area contributed by atoms with E-state index < -0.39 is 0 Å². The van der Waals surface area contributed by atoms with Crippen LogP contribution in [0.15, 0.2) is 65.4 Å². The molecular formula is C23H22ClN5. The molecule has 4 rings (SSSR count). The fraction of sp³-hybridized carbons (Fsp3) is 0.174. The Hall–Kier alpha value is -3.18. The van der Waals surface area contributed by atoms with Crippen LogP contribution in [0.25, 0.3) is 5.57 Å². The van der Waals surface area contributed by atoms with E-state index >= 15 is 0 Å². The number of rotatable bonds is 4. The minimum absolute atomic E-state index is 0.521. The highest BCUT2D eigenvalue weighted by atomic mass is 35.5. The zero-order valence-corrected chi connectivity index (χ0v) is 17.2. The number of nitrogens with two attached hydrogens (primary N) is 1. The molecule has 3 aromatic rings. The number of anilines is 2. The third kappa shape index (κ3) is 3.74. The first-order valence-electron chi connectivity index (χ1n) is 9.48. The van der Waals surface area contributed by atoms with Crippen molar-refractivity contribution in [3.8, 4) is 0 Å². The highest BCUT2D eigenvalue weighted by Gasteiger charge is 2.26. The third-order valence-electron chi connectivity index (χ3n) is 5.02. The zero-order valence-electron chi connectivity index (χ0n) is 16.4. The van der Waals surface area contributed by atoms with Crippen molar-refractivity contribution in [2.75, 3.05) is 12.4 Å². The van der Waals surface area contributed by atoms with Gasteiger partial charge in [-0.1, -0.05) is 48.0 Å². The van der Waals surface area contributed by atoms with Crippen molar-refractivity contribution < 1.29 is 0 Å². The van der Waals surface area contributed by atoms with E-state index in [2.05, 4.69) is 15.3 Å². The summed E-state index contributed by atoms with van der Waals surface area (Å²) in [4.78, 5) is 13.8. The Labute approximate surface area is 175 Å². The van der Waals surface area contributed by atoms with Gasteiger partial charge in [-0.25, -0.2) is 9.97 Å². The molecule has 29 heavy (non-hydrogen) atoms. The molecule has 0 saturated heterocycles. The van der Waals surface area contributed by atoms with Gasteiger partial charge in [0, 0.05) is 35.8 Å². The first-order valence-corrected chi connectivity index (χ1v) is 9.86. The standard InChI is InChI=1S/C23H22ClN5/c1-14-7-6-10-17(20(14)24)22(26-2)19-18(25)12-11-15-13-27-23(29-21(15)19)28-16-8-4-3-5-9-16/h3-10,13H,11-12,25H2,1-2H3,(H,27,28,29). The van der Waals surface area contributed by atoms with Crippen molar-refractivity contribution >= 4 is 34.5 Å². The minimum Gasteiger partial charge on any atom is -0.401 e. The molecule has 0 saturated carbocycles. The van der Waals surface area contributed by atoms with Gasteiger partial charge in [0.05, 0.1) is 16.4 Å². The molecule has 5 nitrogen and oxygen atoms in total. The smallest absolute Gasteiger partial charge is 0.227 e. The molecule has 1 aliphatic rings. The van der Waals surface area contributed by atoms with Gasteiger partial charge in [0.1, 0.15) is 0 Å². The molecule has 0 unspecified atom stereocenters. The summed E-state index contributed by atoms with van der Waals surface area (Å²) in [5.41, 5.74) is 13.5. The van der Waals surface area contributed by atoms with Crippen LogP contribution in [0.1, 0.15) is 28.8 Å². The van der Waals surface area contributed by atoms with E-state index in [1.807, 2.05) is 61.7 Å². The summed E-state index contributed by atoms with van der Waals surface area (Å²) in [5, 5.41) is 3.93. The number of halogens is 1. The Kier molecular flexibility index (Phi) is 5.32. The van der Waals surface area contributed by atoms with Gasteiger partial charge in [0.2, 0.25) is 5.95 Å². The second-order valence-corrected chi connectivity index (χ2v) is 7.35. The monoisotopic (exact) mass is 403 g/mol. The molecule has 0 spiro atoms. The number of allylic oxidation sites excluding steroid dienone is 2. The molecule has 0 bridgehead atoms. The molecule has 146 valence electrons. The maximum atomic E-state index is 6.61. The Bertz CT molecular complexity index is 1120. The lowest BCUT2D eigenvalue weighted by atomic mass is 9.88. The van der Waals surface area contributed by atoms with E-state index in [0.29, 0.717) is 11.0 Å². The number of nitrogens with one attached hydrogen (secondary N) is 1. The number of para-hydroxylation sites is 1. The summed E-state index contributed by atoms with van der Waals surface area (Å²) >= 11 is 6.61. The van der Waals surface area contributed by atoms with Crippen LogP contribution in [0.3, 0.4) is 0 Å². The van der Waals surface area contributed by atoms with E-state index in [1.165, 1.54) is 0 Å². The van der Waals surface area contributed by atoms with Crippen LogP contribution in [-0.2, 0) is 6.42 Å². The molecule has 0 radical (unpaired) electrons. The van der Waals surface area contributed by atoms with Crippen molar-refractivity contribution in [2.45, 2.75) is 19.8 Å². The van der Waals surface area contributed by atoms with Crippen molar-refractivity contribution in [1.82, 2.24) is 9.97 Å². The van der Waals surface area contributed by atoms with Gasteiger partial charge in [0.25, 0.3) is 0 Å². The maximum Gasteiger partial charge on any atom is 0.227 e. The molecule has 6 heteroatoms. The number of benzene rings is 2. The van der Waals surface area contributed by atoms with Gasteiger partial charge in [-0.2, -0.15) is 0 Å². The Morgan fingerprint density at radius 3 is 2.66 bits per heavy atom. The van der Waals surface area contributed by atoms with Crippen molar-refractivity contribution in [3.63, 3.8) is 0 Å². The summed E-state index contributed by atoms with van der Waals surface area (Å²) in [6, 6.07) is 15.8. The number of hydrogen-bond donors (Lipinski definition) is 2. The molecule has 0 atom stereocenters. The predicted molar refractivity (Wildman–Crippen MR) is 120 cm³/mol. The van der Waals surface area contributed by atoms with Crippen LogP contribution in [0.5, 0.6) is 0 Å². The molecule has 0 aliphatic heterocycles. The summed E-state index contributed by atoms with van der Waals surface area (Å²) in [6.45, 7) is 1.98. The normalized spacial score (nSPS) is 14.0. The maximum absolute atomic E-state index is 6.61. The number of nitrogens with zero attached hydrogens (tertiary/aromatic N) is 3. The van der Waals surface area contributed by atoms with E-state index in [4.69, 9.17) is 22.3 Å². The topological polar surface area (TPSA) is 76.2 Å². The highest BCUT2D eigenvalue weighted by molar-refractivity contribution is 6.41. The van der Waals surface area contributed by atoms with Gasteiger partial charge in [-0.3, -0.25) is 4.99 Å². The fourth-order valence-corrected chi connectivity index (χ4v) is 3.74. The lowest BCUT2D eigenvalue weighted by Crippen LogP contribution is -2.20. The molecule has 0 amide bonds. The van der Waals surface area contributed by atoms with Crippen molar-refractivity contribution in [2.24, 2.45) is 10.7 Å². The van der Waals surface area contributed by atoms with Crippen molar-refractivity contribution in [3.05, 3.63) is 87.8 Å². The van der Waals surface area contributed by atoms with E-state index in [9.17, 15) is 0 Å². The summed E-state index contributed by atoms with van der Waals surface area (Å²) < 4.78 is 0. The second-order valence-electron chi connectivity index (χ2n) is 6.97. The van der Waals surface area contributed by atoms with Crippen LogP contribution in [0.2, 0.25) is 5.02 Å². The van der Waals surface area contributed by atoms with Crippen LogP contribution < -0.4 is 11.1 Å². The lowest BCUT2D eigenvalue weighted by molar-refractivity contribution is 0.881. The van der Waals surface area contributed by atoms with Crippen LogP contribution in [-0.4, -0.2) is 22.7 Å². The summed E-state index contributed by atoms with van der Waals surface area (Å²) in [7, 11) is 1.76. The van der Waals surface area contributed by atoms with Crippen molar-refractivity contribution in [1.29, 1.82) is 0 Å². The molecule has 1 aliphatic carbocycles. The van der Waals surface area contributed by atoms with E-state index in [-0.39, 0.29) is 0 Å². The van der Waals surface area contributed by atoms with Crippen LogP contribution >= 0.6 is 11.6 Å². The quantitative estimate of drug-likeness (QED) is 0.606. The number of aryl methyl sites for hydroxylation is 2. The average Bonchev–Trinajstić information content (AvgIpc) is 2.73. The highest BCUT2D eigenvalue weighted by Crippen LogP contribution is 2.34. The second kappa shape index (κ2) is 8.05. The number of aliphatic imine (C=N–C) groups is 1. The van der Waals surface area contributed by atoms with Gasteiger partial charge in [-0.05, 0) is 43.0 Å². The molecule has 2 aromatic carbocycles. The number of fused-ring (bicyclic) bond motifs is 1. The fourth-order valence-electron chi connectivity index (χ4n) is 3.52. The Morgan fingerprint density at radius 2 is 1.90 bits per heavy atom. The molecule has 1 heterocycles. The predicted octanol–water partition coefficient (Wildman–Crippen LogP) is 4.92. The SMILES string of the molecule is CN=C(C1=C(N)CCc2cnc(Nc3ccccc3)nc21)c1cccc(C)c1Cl. The molecular weight excluding hydrogens is 382 g/mol. The molecule has 0 fully saturated rings.